The Morgan fingerprint density at radius 2 is 2.08 bits per heavy atom. The van der Waals surface area contributed by atoms with Crippen molar-refractivity contribution in [2.75, 3.05) is 18.0 Å². The molecule has 2 heterocycles. The normalized spacial score (nSPS) is 23.0. The van der Waals surface area contributed by atoms with Crippen molar-refractivity contribution in [2.45, 2.75) is 64.0 Å². The number of ether oxygens (including phenoxy) is 1. The van der Waals surface area contributed by atoms with E-state index in [2.05, 4.69) is 10.3 Å². The molecule has 1 atom stereocenters. The quantitative estimate of drug-likeness (QED) is 0.856. The number of rotatable bonds is 4. The first-order valence-corrected chi connectivity index (χ1v) is 9.06. The number of carbonyl (C=O) groups is 2. The number of carboxylic acid groups (broad SMARTS) is 1. The minimum Gasteiger partial charge on any atom is -0.478 e. The molecule has 1 aliphatic carbocycles. The maximum atomic E-state index is 12.1. The number of anilines is 1. The van der Waals surface area contributed by atoms with Gasteiger partial charge in [-0.2, -0.15) is 0 Å². The Morgan fingerprint density at radius 3 is 2.65 bits per heavy atom. The van der Waals surface area contributed by atoms with Gasteiger partial charge in [0, 0.05) is 30.9 Å². The number of hydrogen-bond acceptors (Lipinski definition) is 5. The molecule has 0 aromatic carbocycles. The lowest BCUT2D eigenvalue weighted by atomic mass is 10.0. The molecule has 1 aromatic heterocycles. The molecule has 3 rings (SSSR count). The minimum absolute atomic E-state index is 0.205. The van der Waals surface area contributed by atoms with Crippen LogP contribution < -0.4 is 10.2 Å². The van der Waals surface area contributed by atoms with Crippen LogP contribution in [0.2, 0.25) is 0 Å². The van der Waals surface area contributed by atoms with Gasteiger partial charge in [0.25, 0.3) is 0 Å². The summed E-state index contributed by atoms with van der Waals surface area (Å²) in [5, 5.41) is 12.5. The summed E-state index contributed by atoms with van der Waals surface area (Å²) in [5.74, 6) is -0.533. The van der Waals surface area contributed by atoms with Gasteiger partial charge in [0.05, 0.1) is 11.2 Å². The summed E-state index contributed by atoms with van der Waals surface area (Å²) in [4.78, 5) is 30.1. The van der Waals surface area contributed by atoms with Gasteiger partial charge < -0.3 is 20.1 Å². The van der Waals surface area contributed by atoms with Crippen molar-refractivity contribution >= 4 is 17.7 Å². The molecule has 1 saturated heterocycles. The van der Waals surface area contributed by atoms with Crippen molar-refractivity contribution in [1.29, 1.82) is 0 Å². The largest absolute Gasteiger partial charge is 0.478 e. The number of hydrogen-bond donors (Lipinski definition) is 2. The lowest BCUT2D eigenvalue weighted by Crippen LogP contribution is -2.49. The molecular formula is C19H27N3O4. The summed E-state index contributed by atoms with van der Waals surface area (Å²) in [7, 11) is 0. The van der Waals surface area contributed by atoms with Crippen molar-refractivity contribution < 1.29 is 19.4 Å². The van der Waals surface area contributed by atoms with Crippen LogP contribution in [0.15, 0.2) is 12.3 Å². The van der Waals surface area contributed by atoms with Gasteiger partial charge in [-0.25, -0.2) is 9.59 Å². The Kier molecular flexibility index (Phi) is 4.58. The van der Waals surface area contributed by atoms with E-state index in [0.717, 1.165) is 18.5 Å². The Labute approximate surface area is 153 Å². The molecule has 0 unspecified atom stereocenters. The first-order valence-electron chi connectivity index (χ1n) is 9.06. The van der Waals surface area contributed by atoms with E-state index in [-0.39, 0.29) is 5.56 Å². The third-order valence-corrected chi connectivity index (χ3v) is 4.75. The average molecular weight is 361 g/mol. The number of aromatic carboxylic acids is 1. The van der Waals surface area contributed by atoms with Crippen LogP contribution in [0.4, 0.5) is 10.5 Å². The summed E-state index contributed by atoms with van der Waals surface area (Å²) in [5.41, 5.74) is 0.819. The minimum atomic E-state index is -0.983. The van der Waals surface area contributed by atoms with Crippen LogP contribution in [0, 0.1) is 0 Å². The van der Waals surface area contributed by atoms with Crippen molar-refractivity contribution in [3.05, 3.63) is 23.5 Å². The highest BCUT2D eigenvalue weighted by atomic mass is 16.6. The summed E-state index contributed by atoms with van der Waals surface area (Å²) in [6.07, 6.45) is 3.94. The second-order valence-corrected chi connectivity index (χ2v) is 8.56. The zero-order valence-corrected chi connectivity index (χ0v) is 15.8. The standard InChI is InChI=1S/C19H27N3O4/c1-18(2,3)26-17(25)21-19(4)7-8-22(11-19)15-9-14(12-5-6-12)20-10-13(15)16(23)24/h9-10,12H,5-8,11H2,1-4H3,(H,21,25)(H,23,24)/t19-/m0/s1. The fourth-order valence-electron chi connectivity index (χ4n) is 3.31. The molecule has 0 bridgehead atoms. The van der Waals surface area contributed by atoms with Gasteiger partial charge in [0.15, 0.2) is 0 Å². The van der Waals surface area contributed by atoms with Gasteiger partial charge in [-0.1, -0.05) is 0 Å². The van der Waals surface area contributed by atoms with E-state index in [9.17, 15) is 14.7 Å². The van der Waals surface area contributed by atoms with Gasteiger partial charge in [-0.05, 0) is 53.0 Å². The molecule has 26 heavy (non-hydrogen) atoms. The third-order valence-electron chi connectivity index (χ3n) is 4.75. The monoisotopic (exact) mass is 361 g/mol. The van der Waals surface area contributed by atoms with Gasteiger partial charge >= 0.3 is 12.1 Å². The van der Waals surface area contributed by atoms with Crippen LogP contribution in [0.3, 0.4) is 0 Å². The lowest BCUT2D eigenvalue weighted by molar-refractivity contribution is 0.0472. The molecule has 1 aromatic rings. The highest BCUT2D eigenvalue weighted by Gasteiger charge is 2.38. The van der Waals surface area contributed by atoms with Crippen LogP contribution in [0.25, 0.3) is 0 Å². The molecule has 2 N–H and O–H groups in total. The second-order valence-electron chi connectivity index (χ2n) is 8.56. The summed E-state index contributed by atoms with van der Waals surface area (Å²) < 4.78 is 5.35. The van der Waals surface area contributed by atoms with Crippen LogP contribution in [0.1, 0.15) is 68.9 Å². The Hall–Kier alpha value is -2.31. The third kappa shape index (κ3) is 4.26. The molecular weight excluding hydrogens is 334 g/mol. The van der Waals surface area contributed by atoms with E-state index in [1.165, 1.54) is 6.20 Å². The number of carboxylic acids is 1. The molecule has 7 nitrogen and oxygen atoms in total. The van der Waals surface area contributed by atoms with E-state index >= 15 is 0 Å². The highest BCUT2D eigenvalue weighted by Crippen LogP contribution is 2.41. The number of nitrogens with zero attached hydrogens (tertiary/aromatic N) is 2. The zero-order chi connectivity index (χ0) is 19.1. The van der Waals surface area contributed by atoms with E-state index in [1.807, 2.05) is 38.7 Å². The summed E-state index contributed by atoms with van der Waals surface area (Å²) >= 11 is 0. The van der Waals surface area contributed by atoms with Crippen LogP contribution >= 0.6 is 0 Å². The van der Waals surface area contributed by atoms with Crippen molar-refractivity contribution in [3.63, 3.8) is 0 Å². The Balaban J connectivity index is 1.76. The average Bonchev–Trinajstić information content (AvgIpc) is 3.28. The molecule has 7 heteroatoms. The van der Waals surface area contributed by atoms with Gasteiger partial charge in [-0.3, -0.25) is 4.98 Å². The molecule has 142 valence electrons. The predicted octanol–water partition coefficient (Wildman–Crippen LogP) is 3.15. The lowest BCUT2D eigenvalue weighted by Gasteiger charge is -2.29. The van der Waals surface area contributed by atoms with Gasteiger partial charge in [-0.15, -0.1) is 0 Å². The van der Waals surface area contributed by atoms with Crippen molar-refractivity contribution in [2.24, 2.45) is 0 Å². The molecule has 1 amide bonds. The van der Waals surface area contributed by atoms with E-state index in [4.69, 9.17) is 4.74 Å². The molecule has 2 fully saturated rings. The molecule has 0 spiro atoms. The van der Waals surface area contributed by atoms with Crippen LogP contribution in [-0.4, -0.2) is 46.4 Å². The highest BCUT2D eigenvalue weighted by molar-refractivity contribution is 5.94. The van der Waals surface area contributed by atoms with Crippen LogP contribution in [0.5, 0.6) is 0 Å². The van der Waals surface area contributed by atoms with E-state index < -0.39 is 23.2 Å². The topological polar surface area (TPSA) is 91.8 Å². The number of alkyl carbamates (subject to hydrolysis) is 1. The Morgan fingerprint density at radius 1 is 1.38 bits per heavy atom. The number of aromatic nitrogens is 1. The molecule has 2 aliphatic rings. The van der Waals surface area contributed by atoms with Gasteiger partial charge in [0.1, 0.15) is 11.2 Å². The number of nitrogens with one attached hydrogen (secondary N) is 1. The van der Waals surface area contributed by atoms with Crippen molar-refractivity contribution in [1.82, 2.24) is 10.3 Å². The summed E-state index contributed by atoms with van der Waals surface area (Å²) in [6.45, 7) is 8.63. The number of amides is 1. The Bertz CT molecular complexity index is 724. The number of pyridine rings is 1. The first-order chi connectivity index (χ1) is 12.1. The van der Waals surface area contributed by atoms with Crippen LogP contribution in [-0.2, 0) is 4.74 Å². The van der Waals surface area contributed by atoms with Crippen molar-refractivity contribution in [3.8, 4) is 0 Å². The molecule has 1 saturated carbocycles. The van der Waals surface area contributed by atoms with E-state index in [0.29, 0.717) is 31.1 Å². The fourth-order valence-corrected chi connectivity index (χ4v) is 3.31. The molecule has 1 aliphatic heterocycles. The summed E-state index contributed by atoms with van der Waals surface area (Å²) in [6, 6.07) is 1.90. The number of carbonyl (C=O) groups excluding carboxylic acids is 1. The maximum absolute atomic E-state index is 12.1. The zero-order valence-electron chi connectivity index (χ0n) is 15.8. The smallest absolute Gasteiger partial charge is 0.408 e. The maximum Gasteiger partial charge on any atom is 0.408 e. The van der Waals surface area contributed by atoms with Gasteiger partial charge in [0.2, 0.25) is 0 Å². The predicted molar refractivity (Wildman–Crippen MR) is 97.8 cm³/mol. The first kappa shape index (κ1) is 18.5. The molecule has 0 radical (unpaired) electrons. The fraction of sp³-hybridized carbons (Fsp3) is 0.632. The van der Waals surface area contributed by atoms with E-state index in [1.54, 1.807) is 0 Å². The SMILES string of the molecule is CC(C)(C)OC(=O)N[C@@]1(C)CCN(c2cc(C3CC3)ncc2C(=O)O)C1. The second kappa shape index (κ2) is 6.45.